The average molecular weight is 341 g/mol. The second kappa shape index (κ2) is 5.71. The van der Waals surface area contributed by atoms with Crippen LogP contribution in [0.4, 0.5) is 11.4 Å². The third kappa shape index (κ3) is 3.33. The Kier molecular flexibility index (Phi) is 4.21. The molecule has 1 N–H and O–H groups in total. The maximum Gasteiger partial charge on any atom is 0.274 e. The highest BCUT2D eigenvalue weighted by molar-refractivity contribution is 9.10. The van der Waals surface area contributed by atoms with Crippen molar-refractivity contribution in [2.75, 3.05) is 5.32 Å². The van der Waals surface area contributed by atoms with Crippen molar-refractivity contribution in [3.63, 3.8) is 0 Å². The number of hydrogen-bond donors (Lipinski definition) is 1. The normalized spacial score (nSPS) is 10.5. The fourth-order valence-electron chi connectivity index (χ4n) is 1.71. The van der Waals surface area contributed by atoms with Crippen LogP contribution in [0.1, 0.15) is 15.3 Å². The fourth-order valence-corrected chi connectivity index (χ4v) is 3.25. The van der Waals surface area contributed by atoms with Gasteiger partial charge in [0.15, 0.2) is 0 Å². The van der Waals surface area contributed by atoms with Crippen LogP contribution in [0.15, 0.2) is 28.7 Å². The van der Waals surface area contributed by atoms with Crippen molar-refractivity contribution < 1.29 is 4.92 Å². The van der Waals surface area contributed by atoms with Crippen LogP contribution in [0.2, 0.25) is 0 Å². The molecule has 0 atom stereocenters. The second-order valence-electron chi connectivity index (χ2n) is 4.23. The van der Waals surface area contributed by atoms with Crippen LogP contribution in [0.3, 0.4) is 0 Å². The van der Waals surface area contributed by atoms with Crippen LogP contribution >= 0.6 is 27.3 Å². The van der Waals surface area contributed by atoms with Crippen LogP contribution in [-0.2, 0) is 6.54 Å². The van der Waals surface area contributed by atoms with Gasteiger partial charge in [-0.15, -0.1) is 11.3 Å². The Morgan fingerprint density at radius 3 is 2.68 bits per heavy atom. The lowest BCUT2D eigenvalue weighted by molar-refractivity contribution is -0.385. The molecule has 0 saturated carbocycles. The zero-order chi connectivity index (χ0) is 14.0. The molecule has 100 valence electrons. The van der Waals surface area contributed by atoms with Gasteiger partial charge in [-0.05, 0) is 41.9 Å². The summed E-state index contributed by atoms with van der Waals surface area (Å²) in [6.07, 6.45) is 0. The summed E-state index contributed by atoms with van der Waals surface area (Å²) in [5.74, 6) is 0. The monoisotopic (exact) mass is 340 g/mol. The Morgan fingerprint density at radius 1 is 1.37 bits per heavy atom. The van der Waals surface area contributed by atoms with E-state index in [1.54, 1.807) is 30.4 Å². The Labute approximate surface area is 123 Å². The Hall–Kier alpha value is -1.40. The zero-order valence-electron chi connectivity index (χ0n) is 10.6. The minimum Gasteiger partial charge on any atom is -0.380 e. The molecule has 0 amide bonds. The first-order chi connectivity index (χ1) is 8.97. The van der Waals surface area contributed by atoms with Crippen LogP contribution in [0.25, 0.3) is 0 Å². The summed E-state index contributed by atoms with van der Waals surface area (Å²) in [6.45, 7) is 4.45. The lowest BCUT2D eigenvalue weighted by atomic mass is 10.2. The summed E-state index contributed by atoms with van der Waals surface area (Å²) in [5, 5.41) is 14.1. The number of rotatable bonds is 4. The van der Waals surface area contributed by atoms with Crippen LogP contribution in [0, 0.1) is 24.0 Å². The number of nitrogens with zero attached hydrogens (tertiary/aromatic N) is 1. The van der Waals surface area contributed by atoms with E-state index in [-0.39, 0.29) is 10.6 Å². The van der Waals surface area contributed by atoms with Crippen molar-refractivity contribution in [1.29, 1.82) is 0 Å². The fraction of sp³-hybridized carbons (Fsp3) is 0.231. The molecule has 1 aromatic carbocycles. The van der Waals surface area contributed by atoms with Gasteiger partial charge < -0.3 is 5.32 Å². The molecule has 1 heterocycles. The smallest absolute Gasteiger partial charge is 0.274 e. The number of thiophene rings is 1. The van der Waals surface area contributed by atoms with Crippen molar-refractivity contribution >= 4 is 38.6 Å². The Bertz CT molecular complexity index is 606. The number of nitro groups is 1. The molecule has 0 saturated heterocycles. The molecule has 19 heavy (non-hydrogen) atoms. The van der Waals surface area contributed by atoms with Gasteiger partial charge in [0.25, 0.3) is 5.69 Å². The van der Waals surface area contributed by atoms with E-state index in [4.69, 9.17) is 0 Å². The van der Waals surface area contributed by atoms with Gasteiger partial charge in [-0.2, -0.15) is 0 Å². The topological polar surface area (TPSA) is 55.2 Å². The highest BCUT2D eigenvalue weighted by Crippen LogP contribution is 2.28. The van der Waals surface area contributed by atoms with Crippen molar-refractivity contribution in [2.24, 2.45) is 0 Å². The van der Waals surface area contributed by atoms with E-state index >= 15 is 0 Å². The number of nitrogens with one attached hydrogen (secondary N) is 1. The average Bonchev–Trinajstić information content (AvgIpc) is 2.67. The maximum absolute atomic E-state index is 10.9. The molecule has 0 aliphatic rings. The molecule has 2 rings (SSSR count). The predicted octanol–water partition coefficient (Wildman–Crippen LogP) is 4.65. The van der Waals surface area contributed by atoms with E-state index in [0.717, 1.165) is 10.2 Å². The Morgan fingerprint density at radius 2 is 2.11 bits per heavy atom. The predicted molar refractivity (Wildman–Crippen MR) is 81.9 cm³/mol. The molecule has 0 radical (unpaired) electrons. The summed E-state index contributed by atoms with van der Waals surface area (Å²) in [4.78, 5) is 12.9. The number of halogens is 1. The van der Waals surface area contributed by atoms with Crippen molar-refractivity contribution in [3.8, 4) is 0 Å². The van der Waals surface area contributed by atoms with E-state index in [1.165, 1.54) is 9.75 Å². The standard InChI is InChI=1S/C13H13BrN2O2S/c1-8-3-4-10(5-13(8)16(17)18)15-7-11-6-12(14)9(2)19-11/h3-6,15H,7H2,1-2H3. The molecule has 1 aromatic heterocycles. The first kappa shape index (κ1) is 14.0. The number of anilines is 1. The van der Waals surface area contributed by atoms with Crippen LogP contribution < -0.4 is 5.32 Å². The third-order valence-electron chi connectivity index (χ3n) is 2.78. The highest BCUT2D eigenvalue weighted by Gasteiger charge is 2.11. The number of benzene rings is 1. The molecule has 6 heteroatoms. The van der Waals surface area contributed by atoms with E-state index in [9.17, 15) is 10.1 Å². The van der Waals surface area contributed by atoms with E-state index in [2.05, 4.69) is 34.2 Å². The van der Waals surface area contributed by atoms with Gasteiger partial charge in [0.1, 0.15) is 0 Å². The molecular weight excluding hydrogens is 328 g/mol. The summed E-state index contributed by atoms with van der Waals surface area (Å²) >= 11 is 5.18. The van der Waals surface area contributed by atoms with Crippen molar-refractivity contribution in [3.05, 3.63) is 54.2 Å². The van der Waals surface area contributed by atoms with E-state index in [1.807, 2.05) is 6.07 Å². The third-order valence-corrected chi connectivity index (χ3v) is 4.92. The molecule has 0 fully saturated rings. The van der Waals surface area contributed by atoms with Gasteiger partial charge in [0.2, 0.25) is 0 Å². The van der Waals surface area contributed by atoms with Gasteiger partial charge in [0.05, 0.1) is 4.92 Å². The van der Waals surface area contributed by atoms with Gasteiger partial charge in [-0.1, -0.05) is 6.07 Å². The van der Waals surface area contributed by atoms with E-state index < -0.39 is 0 Å². The number of aryl methyl sites for hydroxylation is 2. The Balaban J connectivity index is 2.11. The first-order valence-electron chi connectivity index (χ1n) is 5.71. The lowest BCUT2D eigenvalue weighted by Crippen LogP contribution is -1.99. The number of nitro benzene ring substituents is 1. The largest absolute Gasteiger partial charge is 0.380 e. The molecule has 0 unspecified atom stereocenters. The quantitative estimate of drug-likeness (QED) is 0.651. The van der Waals surface area contributed by atoms with Gasteiger partial charge in [-0.3, -0.25) is 10.1 Å². The van der Waals surface area contributed by atoms with Gasteiger partial charge in [0, 0.05) is 38.1 Å². The van der Waals surface area contributed by atoms with Crippen molar-refractivity contribution in [1.82, 2.24) is 0 Å². The summed E-state index contributed by atoms with van der Waals surface area (Å²) < 4.78 is 1.10. The maximum atomic E-state index is 10.9. The first-order valence-corrected chi connectivity index (χ1v) is 7.32. The zero-order valence-corrected chi connectivity index (χ0v) is 13.0. The highest BCUT2D eigenvalue weighted by atomic mass is 79.9. The molecule has 0 aliphatic carbocycles. The molecule has 4 nitrogen and oxygen atoms in total. The summed E-state index contributed by atoms with van der Waals surface area (Å²) in [6, 6.07) is 7.26. The molecule has 2 aromatic rings. The van der Waals surface area contributed by atoms with Gasteiger partial charge >= 0.3 is 0 Å². The molecule has 0 aliphatic heterocycles. The van der Waals surface area contributed by atoms with Crippen molar-refractivity contribution in [2.45, 2.75) is 20.4 Å². The van der Waals surface area contributed by atoms with E-state index in [0.29, 0.717) is 12.1 Å². The lowest BCUT2D eigenvalue weighted by Gasteiger charge is -2.05. The number of hydrogen-bond acceptors (Lipinski definition) is 4. The van der Waals surface area contributed by atoms with Crippen LogP contribution in [0.5, 0.6) is 0 Å². The summed E-state index contributed by atoms with van der Waals surface area (Å²) in [7, 11) is 0. The SMILES string of the molecule is Cc1ccc(NCc2cc(Br)c(C)s2)cc1[N+](=O)[O-]. The molecule has 0 spiro atoms. The second-order valence-corrected chi connectivity index (χ2v) is 6.42. The van der Waals surface area contributed by atoms with Crippen LogP contribution in [-0.4, -0.2) is 4.92 Å². The molecule has 0 bridgehead atoms. The molecular formula is C13H13BrN2O2S. The minimum absolute atomic E-state index is 0.147. The minimum atomic E-state index is -0.355. The summed E-state index contributed by atoms with van der Waals surface area (Å²) in [5.41, 5.74) is 1.58. The van der Waals surface area contributed by atoms with Gasteiger partial charge in [-0.25, -0.2) is 0 Å².